The van der Waals surface area contributed by atoms with Gasteiger partial charge in [0.2, 0.25) is 5.91 Å². The number of hydrogen-bond acceptors (Lipinski definition) is 4. The Labute approximate surface area is 200 Å². The predicted molar refractivity (Wildman–Crippen MR) is 125 cm³/mol. The van der Waals surface area contributed by atoms with Crippen LogP contribution in [0.4, 0.5) is 9.18 Å². The number of ether oxygens (including phenoxy) is 1. The Morgan fingerprint density at radius 1 is 0.971 bits per heavy atom. The van der Waals surface area contributed by atoms with Crippen LogP contribution in [0.5, 0.6) is 0 Å². The molecule has 1 N–H and O–H groups in total. The molecule has 0 radical (unpaired) electrons. The van der Waals surface area contributed by atoms with E-state index < -0.39 is 0 Å². The summed E-state index contributed by atoms with van der Waals surface area (Å²) in [6, 6.07) is 9.62. The van der Waals surface area contributed by atoms with Gasteiger partial charge in [-0.15, -0.1) is 0 Å². The zero-order valence-corrected chi connectivity index (χ0v) is 19.6. The van der Waals surface area contributed by atoms with E-state index >= 15 is 0 Å². The van der Waals surface area contributed by atoms with Gasteiger partial charge in [-0.25, -0.2) is 9.18 Å². The lowest BCUT2D eigenvalue weighted by molar-refractivity contribution is -0.133. The zero-order chi connectivity index (χ0) is 23.8. The van der Waals surface area contributed by atoms with Gasteiger partial charge < -0.3 is 24.3 Å². The summed E-state index contributed by atoms with van der Waals surface area (Å²) >= 11 is 0. The van der Waals surface area contributed by atoms with Crippen LogP contribution in [0.1, 0.15) is 56.3 Å². The van der Waals surface area contributed by atoms with Crippen molar-refractivity contribution in [1.29, 1.82) is 0 Å². The number of urea groups is 1. The van der Waals surface area contributed by atoms with Crippen LogP contribution in [-0.4, -0.2) is 53.6 Å². The second-order valence-electron chi connectivity index (χ2n) is 9.26. The van der Waals surface area contributed by atoms with Crippen molar-refractivity contribution in [3.8, 4) is 0 Å². The minimum Gasteiger partial charge on any atom is -0.467 e. The van der Waals surface area contributed by atoms with Crippen molar-refractivity contribution in [2.45, 2.75) is 70.2 Å². The third-order valence-corrected chi connectivity index (χ3v) is 6.56. The van der Waals surface area contributed by atoms with Crippen LogP contribution < -0.4 is 5.32 Å². The minimum atomic E-state index is -0.324. The molecule has 1 aromatic heterocycles. The molecule has 2 fully saturated rings. The first-order valence-electron chi connectivity index (χ1n) is 12.3. The van der Waals surface area contributed by atoms with Gasteiger partial charge in [0.05, 0.1) is 18.9 Å². The molecule has 2 heterocycles. The first kappa shape index (κ1) is 24.3. The van der Waals surface area contributed by atoms with Crippen molar-refractivity contribution in [3.05, 3.63) is 59.8 Å². The topological polar surface area (TPSA) is 75.0 Å². The Morgan fingerprint density at radius 2 is 1.76 bits per heavy atom. The van der Waals surface area contributed by atoms with Crippen molar-refractivity contribution in [2.75, 3.05) is 19.7 Å². The summed E-state index contributed by atoms with van der Waals surface area (Å²) in [5, 5.41) is 3.14. The molecule has 34 heavy (non-hydrogen) atoms. The quantitative estimate of drug-likeness (QED) is 0.586. The van der Waals surface area contributed by atoms with Crippen LogP contribution in [0, 0.1) is 5.82 Å². The lowest BCUT2D eigenvalue weighted by Crippen LogP contribution is -2.51. The van der Waals surface area contributed by atoms with E-state index in [9.17, 15) is 14.0 Å². The molecule has 4 rings (SSSR count). The maximum absolute atomic E-state index is 13.5. The summed E-state index contributed by atoms with van der Waals surface area (Å²) in [4.78, 5) is 29.9. The van der Waals surface area contributed by atoms with Crippen LogP contribution >= 0.6 is 0 Å². The Morgan fingerprint density at radius 3 is 2.44 bits per heavy atom. The van der Waals surface area contributed by atoms with E-state index in [1.165, 1.54) is 18.6 Å². The molecule has 1 aliphatic carbocycles. The highest BCUT2D eigenvalue weighted by molar-refractivity contribution is 5.84. The van der Waals surface area contributed by atoms with E-state index in [2.05, 4.69) is 5.32 Å². The standard InChI is InChI=1S/C26H34FN3O4/c27-21-12-10-20(11-13-21)16-29(17-23-8-4-14-33-23)25(31)19-30(18-24-9-5-15-34-24)26(32)28-22-6-2-1-3-7-22/h4,8,10-14,22,24H,1-3,5-7,9,15-19H2,(H,28,32). The molecule has 7 nitrogen and oxygen atoms in total. The molecule has 0 spiro atoms. The second-order valence-corrected chi connectivity index (χ2v) is 9.26. The number of amides is 3. The largest absolute Gasteiger partial charge is 0.467 e. The number of carbonyl (C=O) groups excluding carboxylic acids is 2. The lowest BCUT2D eigenvalue weighted by atomic mass is 9.96. The minimum absolute atomic E-state index is 0.0551. The van der Waals surface area contributed by atoms with E-state index in [4.69, 9.17) is 9.15 Å². The van der Waals surface area contributed by atoms with Crippen molar-refractivity contribution in [1.82, 2.24) is 15.1 Å². The summed E-state index contributed by atoms with van der Waals surface area (Å²) in [5.41, 5.74) is 0.804. The molecule has 1 atom stereocenters. The summed E-state index contributed by atoms with van der Waals surface area (Å²) in [5.74, 6) is 0.125. The van der Waals surface area contributed by atoms with Crippen LogP contribution in [0.2, 0.25) is 0 Å². The number of rotatable bonds is 9. The summed E-state index contributed by atoms with van der Waals surface area (Å²) in [7, 11) is 0. The Hall–Kier alpha value is -2.87. The highest BCUT2D eigenvalue weighted by Crippen LogP contribution is 2.19. The molecule has 184 valence electrons. The molecular formula is C26H34FN3O4. The van der Waals surface area contributed by atoms with E-state index in [-0.39, 0.29) is 49.5 Å². The van der Waals surface area contributed by atoms with Gasteiger partial charge in [-0.2, -0.15) is 0 Å². The molecule has 8 heteroatoms. The lowest BCUT2D eigenvalue weighted by Gasteiger charge is -2.31. The van der Waals surface area contributed by atoms with Crippen LogP contribution in [0.25, 0.3) is 0 Å². The number of benzene rings is 1. The Bertz CT molecular complexity index is 907. The molecule has 3 amide bonds. The van der Waals surface area contributed by atoms with E-state index in [0.717, 1.165) is 44.1 Å². The Balaban J connectivity index is 1.46. The normalized spacial score (nSPS) is 18.6. The maximum atomic E-state index is 13.5. The summed E-state index contributed by atoms with van der Waals surface area (Å²) in [6.45, 7) is 1.57. The fourth-order valence-corrected chi connectivity index (χ4v) is 4.66. The van der Waals surface area contributed by atoms with Gasteiger partial charge >= 0.3 is 6.03 Å². The molecule has 1 saturated carbocycles. The van der Waals surface area contributed by atoms with Gasteiger partial charge in [0.15, 0.2) is 0 Å². The number of carbonyl (C=O) groups is 2. The highest BCUT2D eigenvalue weighted by atomic mass is 19.1. The van der Waals surface area contributed by atoms with Gasteiger partial charge in [0, 0.05) is 25.7 Å². The maximum Gasteiger partial charge on any atom is 0.318 e. The predicted octanol–water partition coefficient (Wildman–Crippen LogP) is 4.47. The average Bonchev–Trinajstić information content (AvgIpc) is 3.55. The Kier molecular flexibility index (Phi) is 8.57. The average molecular weight is 472 g/mol. The number of hydrogen-bond donors (Lipinski definition) is 1. The van der Waals surface area contributed by atoms with Crippen molar-refractivity contribution < 1.29 is 23.1 Å². The molecule has 1 aliphatic heterocycles. The monoisotopic (exact) mass is 471 g/mol. The van der Waals surface area contributed by atoms with E-state index in [1.807, 2.05) is 6.07 Å². The van der Waals surface area contributed by atoms with Gasteiger partial charge in [0.1, 0.15) is 18.1 Å². The van der Waals surface area contributed by atoms with E-state index in [0.29, 0.717) is 18.9 Å². The van der Waals surface area contributed by atoms with Gasteiger partial charge in [-0.05, 0) is 55.5 Å². The van der Waals surface area contributed by atoms with E-state index in [1.54, 1.807) is 34.3 Å². The van der Waals surface area contributed by atoms with Crippen LogP contribution in [-0.2, 0) is 22.6 Å². The molecular weight excluding hydrogens is 437 g/mol. The molecule has 1 unspecified atom stereocenters. The third kappa shape index (κ3) is 7.06. The molecule has 2 aromatic rings. The van der Waals surface area contributed by atoms with Gasteiger partial charge in [0.25, 0.3) is 0 Å². The molecule has 0 bridgehead atoms. The number of halogens is 1. The van der Waals surface area contributed by atoms with Crippen LogP contribution in [0.3, 0.4) is 0 Å². The highest BCUT2D eigenvalue weighted by Gasteiger charge is 2.28. The first-order chi connectivity index (χ1) is 16.6. The number of furan rings is 1. The van der Waals surface area contributed by atoms with Gasteiger partial charge in [-0.1, -0.05) is 31.4 Å². The SMILES string of the molecule is O=C(CN(CC1CCCO1)C(=O)NC1CCCCC1)N(Cc1ccc(F)cc1)Cc1ccco1. The van der Waals surface area contributed by atoms with Crippen molar-refractivity contribution in [3.63, 3.8) is 0 Å². The third-order valence-electron chi connectivity index (χ3n) is 6.56. The number of nitrogens with zero attached hydrogens (tertiary/aromatic N) is 2. The molecule has 1 saturated heterocycles. The fraction of sp³-hybridized carbons (Fsp3) is 0.538. The molecule has 1 aromatic carbocycles. The summed E-state index contributed by atoms with van der Waals surface area (Å²) in [6.07, 6.45) is 8.74. The summed E-state index contributed by atoms with van der Waals surface area (Å²) < 4.78 is 24.6. The number of nitrogens with one attached hydrogen (secondary N) is 1. The second kappa shape index (κ2) is 12.0. The van der Waals surface area contributed by atoms with Crippen LogP contribution in [0.15, 0.2) is 47.1 Å². The smallest absolute Gasteiger partial charge is 0.318 e. The molecule has 2 aliphatic rings. The van der Waals surface area contributed by atoms with Crippen molar-refractivity contribution >= 4 is 11.9 Å². The van der Waals surface area contributed by atoms with Crippen molar-refractivity contribution in [2.24, 2.45) is 0 Å². The first-order valence-corrected chi connectivity index (χ1v) is 12.3. The van der Waals surface area contributed by atoms with Gasteiger partial charge in [-0.3, -0.25) is 4.79 Å². The zero-order valence-electron chi connectivity index (χ0n) is 19.6. The fourth-order valence-electron chi connectivity index (χ4n) is 4.66.